The van der Waals surface area contributed by atoms with E-state index in [4.69, 9.17) is 25.8 Å². The normalized spacial score (nSPS) is 15.3. The topological polar surface area (TPSA) is 57.1 Å². The number of hydrogen-bond acceptors (Lipinski definition) is 5. The first-order chi connectivity index (χ1) is 12.6. The summed E-state index contributed by atoms with van der Waals surface area (Å²) in [7, 11) is 3.12. The quantitative estimate of drug-likeness (QED) is 0.580. The maximum Gasteiger partial charge on any atom is 0.363 e. The fourth-order valence-electron chi connectivity index (χ4n) is 2.32. The molecule has 0 aromatic heterocycles. The monoisotopic (exact) mass is 369 g/mol. The summed E-state index contributed by atoms with van der Waals surface area (Å²) in [5.74, 6) is 0.945. The lowest BCUT2D eigenvalue weighted by atomic mass is 10.1. The van der Waals surface area contributed by atoms with Gasteiger partial charge < -0.3 is 14.2 Å². The van der Waals surface area contributed by atoms with Crippen LogP contribution < -0.4 is 9.47 Å². The number of rotatable bonds is 5. The zero-order chi connectivity index (χ0) is 18.5. The first kappa shape index (κ1) is 17.8. The van der Waals surface area contributed by atoms with E-state index in [1.807, 2.05) is 12.1 Å². The first-order valence-electron chi connectivity index (χ1n) is 7.77. The van der Waals surface area contributed by atoms with Crippen molar-refractivity contribution in [2.45, 2.75) is 0 Å². The molecule has 0 N–H and O–H groups in total. The third kappa shape index (κ3) is 4.13. The molecule has 0 atom stereocenters. The van der Waals surface area contributed by atoms with Crippen molar-refractivity contribution in [2.75, 3.05) is 14.2 Å². The summed E-state index contributed by atoms with van der Waals surface area (Å²) in [5, 5.41) is 0.658. The van der Waals surface area contributed by atoms with Gasteiger partial charge in [-0.15, -0.1) is 0 Å². The molecular formula is C20H16ClNO4. The molecule has 0 fully saturated rings. The van der Waals surface area contributed by atoms with Crippen molar-refractivity contribution in [2.24, 2.45) is 4.99 Å². The largest absolute Gasteiger partial charge is 0.497 e. The van der Waals surface area contributed by atoms with Crippen molar-refractivity contribution in [3.05, 3.63) is 70.4 Å². The number of methoxy groups -OCH3 is 2. The number of carbonyl (C=O) groups is 1. The van der Waals surface area contributed by atoms with Crippen LogP contribution in [0.3, 0.4) is 0 Å². The molecule has 0 aliphatic carbocycles. The van der Waals surface area contributed by atoms with Gasteiger partial charge in [-0.05, 0) is 42.0 Å². The molecular weight excluding hydrogens is 354 g/mol. The van der Waals surface area contributed by atoms with Gasteiger partial charge in [0.1, 0.15) is 11.5 Å². The number of esters is 1. The summed E-state index contributed by atoms with van der Waals surface area (Å²) in [4.78, 5) is 16.3. The highest BCUT2D eigenvalue weighted by Crippen LogP contribution is 2.28. The SMILES string of the molecule is COc1ccc(C=C2N=C(C=Cc3ccc(Cl)cc3)OC2=O)c(OC)c1. The van der Waals surface area contributed by atoms with Crippen molar-refractivity contribution in [3.63, 3.8) is 0 Å². The zero-order valence-corrected chi connectivity index (χ0v) is 15.0. The maximum atomic E-state index is 12.0. The fraction of sp³-hybridized carbons (Fsp3) is 0.100. The minimum Gasteiger partial charge on any atom is -0.497 e. The van der Waals surface area contributed by atoms with Crippen LogP contribution in [0.5, 0.6) is 11.5 Å². The third-order valence-corrected chi connectivity index (χ3v) is 3.91. The Hall–Kier alpha value is -3.05. The molecule has 0 radical (unpaired) electrons. The van der Waals surface area contributed by atoms with Gasteiger partial charge in [0.2, 0.25) is 5.90 Å². The highest BCUT2D eigenvalue weighted by Gasteiger charge is 2.21. The lowest BCUT2D eigenvalue weighted by Gasteiger charge is -2.07. The number of hydrogen-bond donors (Lipinski definition) is 0. The number of nitrogens with zero attached hydrogens (tertiary/aromatic N) is 1. The molecule has 0 unspecified atom stereocenters. The lowest BCUT2D eigenvalue weighted by molar-refractivity contribution is -0.129. The smallest absolute Gasteiger partial charge is 0.363 e. The molecule has 26 heavy (non-hydrogen) atoms. The number of aliphatic imine (C=N–C) groups is 1. The molecule has 132 valence electrons. The Labute approximate surface area is 156 Å². The molecule has 6 heteroatoms. The van der Waals surface area contributed by atoms with E-state index < -0.39 is 5.97 Å². The van der Waals surface area contributed by atoms with Crippen LogP contribution in [0.25, 0.3) is 12.2 Å². The maximum absolute atomic E-state index is 12.0. The van der Waals surface area contributed by atoms with Gasteiger partial charge in [0.05, 0.1) is 14.2 Å². The first-order valence-corrected chi connectivity index (χ1v) is 8.15. The number of cyclic esters (lactones) is 1. The summed E-state index contributed by atoms with van der Waals surface area (Å²) in [6.07, 6.45) is 5.04. The minimum absolute atomic E-state index is 0.198. The molecule has 0 spiro atoms. The third-order valence-electron chi connectivity index (χ3n) is 3.66. The number of ether oxygens (including phenoxy) is 3. The molecule has 0 bridgehead atoms. The van der Waals surface area contributed by atoms with E-state index in [0.717, 1.165) is 5.56 Å². The second-order valence-corrected chi connectivity index (χ2v) is 5.80. The average molecular weight is 370 g/mol. The van der Waals surface area contributed by atoms with Crippen LogP contribution >= 0.6 is 11.6 Å². The van der Waals surface area contributed by atoms with E-state index in [0.29, 0.717) is 22.1 Å². The van der Waals surface area contributed by atoms with Gasteiger partial charge in [-0.3, -0.25) is 0 Å². The van der Waals surface area contributed by atoms with Gasteiger partial charge in [0.15, 0.2) is 5.70 Å². The van der Waals surface area contributed by atoms with Gasteiger partial charge in [0.25, 0.3) is 0 Å². The average Bonchev–Trinajstić information content (AvgIpc) is 3.01. The number of benzene rings is 2. The van der Waals surface area contributed by atoms with E-state index in [9.17, 15) is 4.79 Å². The van der Waals surface area contributed by atoms with Crippen LogP contribution in [0.15, 0.2) is 59.2 Å². The van der Waals surface area contributed by atoms with Crippen LogP contribution in [0.4, 0.5) is 0 Å². The van der Waals surface area contributed by atoms with Crippen LogP contribution in [0.2, 0.25) is 5.02 Å². The standard InChI is InChI=1S/C20H16ClNO4/c1-24-16-9-6-14(18(12-16)25-2)11-17-20(23)26-19(22-17)10-5-13-3-7-15(21)8-4-13/h3-12H,1-2H3. The Morgan fingerprint density at radius 3 is 2.50 bits per heavy atom. The van der Waals surface area contributed by atoms with Crippen LogP contribution in [0, 0.1) is 0 Å². The lowest BCUT2D eigenvalue weighted by Crippen LogP contribution is -2.01. The second-order valence-electron chi connectivity index (χ2n) is 5.36. The number of halogens is 1. The Morgan fingerprint density at radius 1 is 1.04 bits per heavy atom. The highest BCUT2D eigenvalue weighted by atomic mass is 35.5. The van der Waals surface area contributed by atoms with E-state index in [1.165, 1.54) is 0 Å². The number of carbonyl (C=O) groups excluding carboxylic acids is 1. The second kappa shape index (κ2) is 7.89. The minimum atomic E-state index is -0.515. The van der Waals surface area contributed by atoms with Crippen LogP contribution in [-0.4, -0.2) is 26.1 Å². The van der Waals surface area contributed by atoms with Gasteiger partial charge in [0, 0.05) is 22.7 Å². The van der Waals surface area contributed by atoms with Crippen molar-refractivity contribution in [1.29, 1.82) is 0 Å². The molecule has 0 amide bonds. The fourth-order valence-corrected chi connectivity index (χ4v) is 2.45. The molecule has 1 aliphatic heterocycles. The molecule has 1 aliphatic rings. The van der Waals surface area contributed by atoms with Crippen molar-refractivity contribution in [1.82, 2.24) is 0 Å². The predicted octanol–water partition coefficient (Wildman–Crippen LogP) is 4.37. The van der Waals surface area contributed by atoms with Crippen molar-refractivity contribution < 1.29 is 19.0 Å². The predicted molar refractivity (Wildman–Crippen MR) is 102 cm³/mol. The van der Waals surface area contributed by atoms with E-state index in [1.54, 1.807) is 62.8 Å². The Morgan fingerprint density at radius 2 is 1.81 bits per heavy atom. The summed E-state index contributed by atoms with van der Waals surface area (Å²) < 4.78 is 15.7. The van der Waals surface area contributed by atoms with Gasteiger partial charge >= 0.3 is 5.97 Å². The summed E-state index contributed by atoms with van der Waals surface area (Å²) in [6.45, 7) is 0. The molecule has 1 heterocycles. The van der Waals surface area contributed by atoms with Gasteiger partial charge in [-0.2, -0.15) is 0 Å². The Kier molecular flexibility index (Phi) is 5.39. The molecule has 5 nitrogen and oxygen atoms in total. The Balaban J connectivity index is 1.83. The Bertz CT molecular complexity index is 914. The van der Waals surface area contributed by atoms with E-state index >= 15 is 0 Å². The van der Waals surface area contributed by atoms with Crippen molar-refractivity contribution in [3.8, 4) is 11.5 Å². The van der Waals surface area contributed by atoms with Gasteiger partial charge in [-0.25, -0.2) is 9.79 Å². The highest BCUT2D eigenvalue weighted by molar-refractivity contribution is 6.30. The summed E-state index contributed by atoms with van der Waals surface area (Å²) in [5.41, 5.74) is 1.82. The molecule has 2 aromatic carbocycles. The zero-order valence-electron chi connectivity index (χ0n) is 14.2. The molecule has 2 aromatic rings. The summed E-state index contributed by atoms with van der Waals surface area (Å²) >= 11 is 5.86. The van der Waals surface area contributed by atoms with Crippen molar-refractivity contribution >= 4 is 35.6 Å². The van der Waals surface area contributed by atoms with E-state index in [2.05, 4.69) is 4.99 Å². The molecule has 3 rings (SSSR count). The molecule has 0 saturated heterocycles. The van der Waals surface area contributed by atoms with Crippen LogP contribution in [-0.2, 0) is 9.53 Å². The summed E-state index contributed by atoms with van der Waals surface area (Å²) in [6, 6.07) is 12.6. The van der Waals surface area contributed by atoms with Crippen LogP contribution in [0.1, 0.15) is 11.1 Å². The molecule has 0 saturated carbocycles. The van der Waals surface area contributed by atoms with Gasteiger partial charge in [-0.1, -0.05) is 23.7 Å². The van der Waals surface area contributed by atoms with E-state index in [-0.39, 0.29) is 11.6 Å².